The fourth-order valence-electron chi connectivity index (χ4n) is 5.18. The van der Waals surface area contributed by atoms with Crippen molar-refractivity contribution in [1.29, 1.82) is 0 Å². The molecule has 48 heavy (non-hydrogen) atoms. The maximum absolute atomic E-state index is 14.7. The van der Waals surface area contributed by atoms with Crippen molar-refractivity contribution < 1.29 is 22.7 Å². The Labute approximate surface area is 293 Å². The van der Waals surface area contributed by atoms with Crippen LogP contribution < -0.4 is 14.4 Å². The lowest BCUT2D eigenvalue weighted by molar-refractivity contribution is -0.140. The van der Waals surface area contributed by atoms with Gasteiger partial charge in [-0.2, -0.15) is 0 Å². The molecule has 1 N–H and O–H groups in total. The van der Waals surface area contributed by atoms with Crippen molar-refractivity contribution in [2.24, 2.45) is 0 Å². The zero-order chi connectivity index (χ0) is 35.0. The molecule has 254 valence electrons. The molecule has 2 atom stereocenters. The topological polar surface area (TPSA) is 96.0 Å². The molecule has 0 aromatic heterocycles. The number of methoxy groups -OCH3 is 1. The van der Waals surface area contributed by atoms with Crippen LogP contribution in [-0.2, 0) is 32.6 Å². The fourth-order valence-corrected chi connectivity index (χ4v) is 6.91. The number of rotatable bonds is 14. The number of benzene rings is 4. The van der Waals surface area contributed by atoms with Crippen LogP contribution in [0.2, 0.25) is 10.0 Å². The quantitative estimate of drug-likeness (QED) is 0.148. The van der Waals surface area contributed by atoms with Crippen molar-refractivity contribution in [3.8, 4) is 5.75 Å². The van der Waals surface area contributed by atoms with Crippen molar-refractivity contribution >= 4 is 50.7 Å². The SMILES string of the molecule is CC[C@@H](C)NC(=O)[C@@H](Cc1ccccc1)N(Cc1ccc(Cl)c(Cl)c1)C(=O)CN(c1cc(C)ccc1OC)S(=O)(=O)c1ccc(C)cc1. The third-order valence-corrected chi connectivity index (χ3v) is 10.6. The third kappa shape index (κ3) is 9.09. The highest BCUT2D eigenvalue weighted by molar-refractivity contribution is 7.92. The van der Waals surface area contributed by atoms with E-state index in [2.05, 4.69) is 5.32 Å². The summed E-state index contributed by atoms with van der Waals surface area (Å²) in [6.07, 6.45) is 0.870. The van der Waals surface area contributed by atoms with Gasteiger partial charge in [-0.15, -0.1) is 0 Å². The van der Waals surface area contributed by atoms with E-state index >= 15 is 0 Å². The van der Waals surface area contributed by atoms with Gasteiger partial charge in [0.2, 0.25) is 11.8 Å². The lowest BCUT2D eigenvalue weighted by Gasteiger charge is -2.34. The van der Waals surface area contributed by atoms with Gasteiger partial charge in [0.15, 0.2) is 0 Å². The summed E-state index contributed by atoms with van der Waals surface area (Å²) in [6, 6.07) is 24.8. The number of sulfonamides is 1. The monoisotopic (exact) mass is 709 g/mol. The smallest absolute Gasteiger partial charge is 0.264 e. The molecule has 0 saturated carbocycles. The molecule has 0 aliphatic rings. The van der Waals surface area contributed by atoms with Crippen LogP contribution in [0.3, 0.4) is 0 Å². The maximum Gasteiger partial charge on any atom is 0.264 e. The minimum atomic E-state index is -4.30. The number of carbonyl (C=O) groups excluding carboxylic acids is 2. The van der Waals surface area contributed by atoms with Gasteiger partial charge in [-0.25, -0.2) is 8.42 Å². The second-order valence-electron chi connectivity index (χ2n) is 11.8. The molecule has 0 spiro atoms. The van der Waals surface area contributed by atoms with Gasteiger partial charge in [-0.05, 0) is 80.3 Å². The normalized spacial score (nSPS) is 12.6. The van der Waals surface area contributed by atoms with E-state index in [-0.39, 0.29) is 41.2 Å². The first-order chi connectivity index (χ1) is 22.8. The lowest BCUT2D eigenvalue weighted by Crippen LogP contribution is -2.54. The average Bonchev–Trinajstić information content (AvgIpc) is 3.07. The molecule has 8 nitrogen and oxygen atoms in total. The Bertz CT molecular complexity index is 1840. The lowest BCUT2D eigenvalue weighted by atomic mass is 10.0. The van der Waals surface area contributed by atoms with Crippen LogP contribution in [0.25, 0.3) is 0 Å². The van der Waals surface area contributed by atoms with Gasteiger partial charge in [0, 0.05) is 19.0 Å². The first kappa shape index (κ1) is 36.8. The van der Waals surface area contributed by atoms with Crippen LogP contribution in [0.4, 0.5) is 5.69 Å². The van der Waals surface area contributed by atoms with Gasteiger partial charge >= 0.3 is 0 Å². The van der Waals surface area contributed by atoms with E-state index in [9.17, 15) is 18.0 Å². The van der Waals surface area contributed by atoms with E-state index in [0.29, 0.717) is 22.0 Å². The zero-order valence-electron chi connectivity index (χ0n) is 27.7. The molecule has 0 aliphatic heterocycles. The van der Waals surface area contributed by atoms with Crippen molar-refractivity contribution in [2.75, 3.05) is 18.0 Å². The van der Waals surface area contributed by atoms with Crippen molar-refractivity contribution in [3.05, 3.63) is 123 Å². The Morgan fingerprint density at radius 1 is 0.854 bits per heavy atom. The van der Waals surface area contributed by atoms with Gasteiger partial charge in [0.05, 0.1) is 27.7 Å². The summed E-state index contributed by atoms with van der Waals surface area (Å²) in [5, 5.41) is 3.66. The predicted molar refractivity (Wildman–Crippen MR) is 192 cm³/mol. The standard InChI is InChI=1S/C37H41Cl2N3O5S/c1-6-27(4)40-37(44)34(22-28-10-8-7-9-11-28)41(23-29-15-18-31(38)32(39)21-29)36(43)24-42(33-20-26(3)14-19-35(33)47-5)48(45,46)30-16-12-25(2)13-17-30/h7-21,27,34H,6,22-24H2,1-5H3,(H,40,44)/t27-,34-/m1/s1. The van der Waals surface area contributed by atoms with E-state index in [4.69, 9.17) is 27.9 Å². The van der Waals surface area contributed by atoms with E-state index in [0.717, 1.165) is 21.0 Å². The fraction of sp³-hybridized carbons (Fsp3) is 0.297. The minimum Gasteiger partial charge on any atom is -0.495 e. The Balaban J connectivity index is 1.87. The summed E-state index contributed by atoms with van der Waals surface area (Å²) >= 11 is 12.6. The number of aryl methyl sites for hydroxylation is 2. The number of nitrogens with one attached hydrogen (secondary N) is 1. The first-order valence-corrected chi connectivity index (χ1v) is 17.8. The number of hydrogen-bond donors (Lipinski definition) is 1. The highest BCUT2D eigenvalue weighted by Gasteiger charge is 2.36. The molecule has 0 radical (unpaired) electrons. The summed E-state index contributed by atoms with van der Waals surface area (Å²) in [5.74, 6) is -0.682. The van der Waals surface area contributed by atoms with Crippen LogP contribution in [0.1, 0.15) is 42.5 Å². The molecule has 4 aromatic carbocycles. The third-order valence-electron chi connectivity index (χ3n) is 8.10. The molecule has 0 aliphatic carbocycles. The number of halogens is 2. The van der Waals surface area contributed by atoms with Gasteiger partial charge in [0.1, 0.15) is 18.3 Å². The second kappa shape index (κ2) is 16.4. The number of nitrogens with zero attached hydrogens (tertiary/aromatic N) is 2. The maximum atomic E-state index is 14.7. The van der Waals surface area contributed by atoms with E-state index in [1.54, 1.807) is 48.5 Å². The Kier molecular flexibility index (Phi) is 12.5. The highest BCUT2D eigenvalue weighted by Crippen LogP contribution is 2.34. The molecule has 0 saturated heterocycles. The van der Waals surface area contributed by atoms with Gasteiger partial charge < -0.3 is 15.0 Å². The highest BCUT2D eigenvalue weighted by atomic mass is 35.5. The number of amides is 2. The Hall–Kier alpha value is -4.05. The molecule has 0 unspecified atom stereocenters. The Morgan fingerprint density at radius 3 is 2.15 bits per heavy atom. The van der Waals surface area contributed by atoms with Gasteiger partial charge in [0.25, 0.3) is 10.0 Å². The van der Waals surface area contributed by atoms with Crippen LogP contribution >= 0.6 is 23.2 Å². The summed E-state index contributed by atoms with van der Waals surface area (Å²) in [6.45, 7) is 6.89. The second-order valence-corrected chi connectivity index (χ2v) is 14.5. The van der Waals surface area contributed by atoms with Crippen LogP contribution in [-0.4, -0.2) is 50.9 Å². The predicted octanol–water partition coefficient (Wildman–Crippen LogP) is 7.37. The molecule has 0 heterocycles. The van der Waals surface area contributed by atoms with E-state index in [1.807, 2.05) is 58.0 Å². The number of ether oxygens (including phenoxy) is 1. The van der Waals surface area contributed by atoms with E-state index in [1.165, 1.54) is 24.1 Å². The summed E-state index contributed by atoms with van der Waals surface area (Å²) in [7, 11) is -2.85. The molecule has 4 rings (SSSR count). The van der Waals surface area contributed by atoms with Crippen LogP contribution in [0.15, 0.2) is 95.9 Å². The molecule has 11 heteroatoms. The summed E-state index contributed by atoms with van der Waals surface area (Å²) in [4.78, 5) is 30.2. The molecule has 2 amide bonds. The van der Waals surface area contributed by atoms with Crippen molar-refractivity contribution in [2.45, 2.75) is 64.1 Å². The van der Waals surface area contributed by atoms with Crippen molar-refractivity contribution in [1.82, 2.24) is 10.2 Å². The number of anilines is 1. The molecule has 0 bridgehead atoms. The van der Waals surface area contributed by atoms with E-state index < -0.39 is 28.5 Å². The Morgan fingerprint density at radius 2 is 1.52 bits per heavy atom. The number of carbonyl (C=O) groups is 2. The van der Waals surface area contributed by atoms with Crippen LogP contribution in [0, 0.1) is 13.8 Å². The molecular formula is C37H41Cl2N3O5S. The largest absolute Gasteiger partial charge is 0.495 e. The van der Waals surface area contributed by atoms with Gasteiger partial charge in [-0.1, -0.05) is 90.3 Å². The summed E-state index contributed by atoms with van der Waals surface area (Å²) < 4.78 is 35.4. The number of hydrogen-bond acceptors (Lipinski definition) is 5. The minimum absolute atomic E-state index is 0.0100. The summed E-state index contributed by atoms with van der Waals surface area (Å²) in [5.41, 5.74) is 3.30. The van der Waals surface area contributed by atoms with Crippen molar-refractivity contribution in [3.63, 3.8) is 0 Å². The van der Waals surface area contributed by atoms with Gasteiger partial charge in [-0.3, -0.25) is 13.9 Å². The average molecular weight is 711 g/mol. The molecule has 0 fully saturated rings. The first-order valence-electron chi connectivity index (χ1n) is 15.7. The molecular weight excluding hydrogens is 669 g/mol. The van der Waals surface area contributed by atoms with Crippen LogP contribution in [0.5, 0.6) is 5.75 Å². The zero-order valence-corrected chi connectivity index (χ0v) is 30.1. The molecule has 4 aromatic rings.